The quantitative estimate of drug-likeness (QED) is 0.568. The first-order valence-corrected chi connectivity index (χ1v) is 11.5. The van der Waals surface area contributed by atoms with E-state index in [9.17, 15) is 18.8 Å². The van der Waals surface area contributed by atoms with E-state index in [1.807, 2.05) is 13.8 Å². The first kappa shape index (κ1) is 25.2. The molecule has 0 aromatic heterocycles. The van der Waals surface area contributed by atoms with E-state index in [0.29, 0.717) is 25.9 Å². The summed E-state index contributed by atoms with van der Waals surface area (Å²) in [6.45, 7) is 8.57. The van der Waals surface area contributed by atoms with Gasteiger partial charge in [0, 0.05) is 24.3 Å². The Labute approximate surface area is 199 Å². The molecule has 1 fully saturated rings. The van der Waals surface area contributed by atoms with Gasteiger partial charge in [0.25, 0.3) is 5.91 Å². The van der Waals surface area contributed by atoms with E-state index in [-0.39, 0.29) is 28.5 Å². The maximum Gasteiger partial charge on any atom is 0.335 e. The van der Waals surface area contributed by atoms with Crippen LogP contribution in [0.15, 0.2) is 42.5 Å². The van der Waals surface area contributed by atoms with Gasteiger partial charge in [-0.1, -0.05) is 25.5 Å². The maximum atomic E-state index is 14.2. The minimum Gasteiger partial charge on any atom is -0.478 e. The lowest BCUT2D eigenvalue weighted by Gasteiger charge is -2.42. The number of halogens is 1. The molecule has 2 aromatic carbocycles. The molecule has 0 saturated carbocycles. The van der Waals surface area contributed by atoms with Crippen LogP contribution in [0.4, 0.5) is 10.1 Å². The topological polar surface area (TPSA) is 98.7 Å². The number of piperidine rings is 1. The number of hydrogen-bond donors (Lipinski definition) is 3. The predicted octanol–water partition coefficient (Wildman–Crippen LogP) is 4.08. The average Bonchev–Trinajstić information content (AvgIpc) is 2.79. The summed E-state index contributed by atoms with van der Waals surface area (Å²) < 4.78 is 14.2. The van der Waals surface area contributed by atoms with E-state index in [1.54, 1.807) is 42.2 Å². The fraction of sp³-hybridized carbons (Fsp3) is 0.423. The predicted molar refractivity (Wildman–Crippen MR) is 128 cm³/mol. The standard InChI is InChI=1S/C26H32FN3O4/c1-16(2)22(28-23(31)20-15-17(3)5-10-21(20)27)24(32)30-13-11-26(4,12-14-30)29-19-8-6-18(7-9-19)25(33)34/h5-10,15-16,22,29H,11-14H2,1-4H3,(H,28,31)(H,33,34)/t22-/m1/s1. The number of nitrogens with zero attached hydrogens (tertiary/aromatic N) is 1. The maximum absolute atomic E-state index is 14.2. The Morgan fingerprint density at radius 3 is 2.24 bits per heavy atom. The second-order valence-corrected chi connectivity index (χ2v) is 9.57. The van der Waals surface area contributed by atoms with Gasteiger partial charge in [-0.25, -0.2) is 9.18 Å². The SMILES string of the molecule is Cc1ccc(F)c(C(=O)N[C@@H](C(=O)N2CCC(C)(Nc3ccc(C(=O)O)cc3)CC2)C(C)C)c1. The van der Waals surface area contributed by atoms with Gasteiger partial charge in [0.1, 0.15) is 11.9 Å². The van der Waals surface area contributed by atoms with E-state index >= 15 is 0 Å². The lowest BCUT2D eigenvalue weighted by molar-refractivity contribution is -0.135. The molecule has 2 aromatic rings. The molecule has 1 aliphatic rings. The molecule has 0 spiro atoms. The number of carbonyl (C=O) groups is 3. The highest BCUT2D eigenvalue weighted by molar-refractivity contribution is 5.98. The largest absolute Gasteiger partial charge is 0.478 e. The molecular formula is C26H32FN3O4. The third-order valence-corrected chi connectivity index (χ3v) is 6.34. The Morgan fingerprint density at radius 1 is 1.06 bits per heavy atom. The highest BCUT2D eigenvalue weighted by Gasteiger charge is 2.36. The van der Waals surface area contributed by atoms with Crippen LogP contribution in [-0.2, 0) is 4.79 Å². The van der Waals surface area contributed by atoms with Gasteiger partial charge in [0.05, 0.1) is 11.1 Å². The van der Waals surface area contributed by atoms with E-state index in [2.05, 4.69) is 17.6 Å². The number of aryl methyl sites for hydroxylation is 1. The average molecular weight is 470 g/mol. The van der Waals surface area contributed by atoms with Crippen LogP contribution in [0, 0.1) is 18.7 Å². The van der Waals surface area contributed by atoms with E-state index in [1.165, 1.54) is 12.1 Å². The highest BCUT2D eigenvalue weighted by Crippen LogP contribution is 2.27. The third kappa shape index (κ3) is 5.92. The van der Waals surface area contributed by atoms with Crippen molar-refractivity contribution in [1.82, 2.24) is 10.2 Å². The van der Waals surface area contributed by atoms with Crippen LogP contribution in [0.3, 0.4) is 0 Å². The van der Waals surface area contributed by atoms with Crippen molar-refractivity contribution in [1.29, 1.82) is 0 Å². The van der Waals surface area contributed by atoms with Crippen molar-refractivity contribution < 1.29 is 23.9 Å². The van der Waals surface area contributed by atoms with Gasteiger partial charge in [0.2, 0.25) is 5.91 Å². The van der Waals surface area contributed by atoms with E-state index in [4.69, 9.17) is 5.11 Å². The first-order valence-electron chi connectivity index (χ1n) is 11.5. The second-order valence-electron chi connectivity index (χ2n) is 9.57. The molecule has 0 radical (unpaired) electrons. The third-order valence-electron chi connectivity index (χ3n) is 6.34. The Hall–Kier alpha value is -3.42. The van der Waals surface area contributed by atoms with Crippen LogP contribution in [0.5, 0.6) is 0 Å². The van der Waals surface area contributed by atoms with Crippen LogP contribution in [0.25, 0.3) is 0 Å². The van der Waals surface area contributed by atoms with Crippen molar-refractivity contribution in [3.63, 3.8) is 0 Å². The minimum atomic E-state index is -0.971. The molecule has 1 heterocycles. The van der Waals surface area contributed by atoms with Gasteiger partial charge in [0.15, 0.2) is 0 Å². The zero-order valence-electron chi connectivity index (χ0n) is 20.0. The number of amides is 2. The van der Waals surface area contributed by atoms with Crippen LogP contribution in [0.2, 0.25) is 0 Å². The first-order chi connectivity index (χ1) is 16.0. The van der Waals surface area contributed by atoms with Crippen LogP contribution in [0.1, 0.15) is 59.9 Å². The van der Waals surface area contributed by atoms with Gasteiger partial charge in [-0.15, -0.1) is 0 Å². The number of aromatic carboxylic acids is 1. The van der Waals surface area contributed by atoms with Gasteiger partial charge < -0.3 is 20.6 Å². The summed E-state index contributed by atoms with van der Waals surface area (Å²) >= 11 is 0. The summed E-state index contributed by atoms with van der Waals surface area (Å²) in [5.41, 5.74) is 1.48. The number of carbonyl (C=O) groups excluding carboxylic acids is 2. The number of nitrogens with one attached hydrogen (secondary N) is 2. The molecule has 1 aliphatic heterocycles. The van der Waals surface area contributed by atoms with Crippen LogP contribution >= 0.6 is 0 Å². The fourth-order valence-electron chi connectivity index (χ4n) is 4.13. The smallest absolute Gasteiger partial charge is 0.335 e. The van der Waals surface area contributed by atoms with Gasteiger partial charge >= 0.3 is 5.97 Å². The van der Waals surface area contributed by atoms with E-state index in [0.717, 1.165) is 11.3 Å². The zero-order chi connectivity index (χ0) is 25.0. The molecular weight excluding hydrogens is 437 g/mol. The number of carboxylic acids is 1. The normalized spacial score (nSPS) is 16.1. The summed E-state index contributed by atoms with van der Waals surface area (Å²) in [6.07, 6.45) is 1.37. The van der Waals surface area contributed by atoms with E-state index < -0.39 is 23.7 Å². The van der Waals surface area contributed by atoms with Crippen molar-refractivity contribution in [2.75, 3.05) is 18.4 Å². The number of anilines is 1. The van der Waals surface area contributed by atoms with Crippen molar-refractivity contribution in [2.24, 2.45) is 5.92 Å². The summed E-state index contributed by atoms with van der Waals surface area (Å²) in [5, 5.41) is 15.3. The van der Waals surface area contributed by atoms with Gasteiger partial charge in [-0.2, -0.15) is 0 Å². The molecule has 182 valence electrons. The molecule has 3 rings (SSSR count). The number of hydrogen-bond acceptors (Lipinski definition) is 4. The molecule has 1 saturated heterocycles. The van der Waals surface area contributed by atoms with Crippen LogP contribution < -0.4 is 10.6 Å². The Bertz CT molecular complexity index is 1060. The molecule has 34 heavy (non-hydrogen) atoms. The Kier molecular flexibility index (Phi) is 7.59. The molecule has 0 bridgehead atoms. The molecule has 7 nitrogen and oxygen atoms in total. The number of benzene rings is 2. The summed E-state index contributed by atoms with van der Waals surface area (Å²) in [7, 11) is 0. The lowest BCUT2D eigenvalue weighted by atomic mass is 9.88. The van der Waals surface area contributed by atoms with Gasteiger partial charge in [-0.05, 0) is 69.0 Å². The van der Waals surface area contributed by atoms with Crippen LogP contribution in [-0.4, -0.2) is 52.5 Å². The van der Waals surface area contributed by atoms with Crippen molar-refractivity contribution >= 4 is 23.5 Å². The summed E-state index contributed by atoms with van der Waals surface area (Å²) in [5.74, 6) is -2.52. The number of likely N-dealkylation sites (tertiary alicyclic amines) is 1. The van der Waals surface area contributed by atoms with Crippen molar-refractivity contribution in [3.8, 4) is 0 Å². The molecule has 0 unspecified atom stereocenters. The highest BCUT2D eigenvalue weighted by atomic mass is 19.1. The molecule has 1 atom stereocenters. The summed E-state index contributed by atoms with van der Waals surface area (Å²) in [4.78, 5) is 38.8. The molecule has 8 heteroatoms. The Morgan fingerprint density at radius 2 is 1.68 bits per heavy atom. The number of rotatable bonds is 7. The van der Waals surface area contributed by atoms with Gasteiger partial charge in [-0.3, -0.25) is 9.59 Å². The van der Waals surface area contributed by atoms with Crippen molar-refractivity contribution in [2.45, 2.75) is 52.1 Å². The molecule has 0 aliphatic carbocycles. The minimum absolute atomic E-state index is 0.0669. The fourth-order valence-corrected chi connectivity index (χ4v) is 4.13. The zero-order valence-corrected chi connectivity index (χ0v) is 20.0. The molecule has 2 amide bonds. The summed E-state index contributed by atoms with van der Waals surface area (Å²) in [6, 6.07) is 10.2. The molecule has 3 N–H and O–H groups in total. The Balaban J connectivity index is 1.63. The lowest BCUT2D eigenvalue weighted by Crippen LogP contribution is -2.56. The monoisotopic (exact) mass is 469 g/mol. The number of carboxylic acid groups (broad SMARTS) is 1. The second kappa shape index (κ2) is 10.2. The van der Waals surface area contributed by atoms with Crippen molar-refractivity contribution in [3.05, 3.63) is 65.0 Å².